The fraction of sp³-hybridized carbons (Fsp3) is 0.190. The van der Waals surface area contributed by atoms with Crippen molar-refractivity contribution in [3.63, 3.8) is 0 Å². The van der Waals surface area contributed by atoms with Crippen LogP contribution in [-0.4, -0.2) is 48.6 Å². The summed E-state index contributed by atoms with van der Waals surface area (Å²) in [7, 11) is 6.25. The molecule has 0 amide bonds. The molecule has 3 rings (SSSR count). The van der Waals surface area contributed by atoms with E-state index in [-0.39, 0.29) is 36.8 Å². The Morgan fingerprint density at radius 2 is 1.12 bits per heavy atom. The van der Waals surface area contributed by atoms with Gasteiger partial charge in [-0.3, -0.25) is 9.59 Å². The van der Waals surface area contributed by atoms with Gasteiger partial charge in [0, 0.05) is 30.1 Å². The molecular formula is C21H24IN3O4S5. The van der Waals surface area contributed by atoms with E-state index in [2.05, 4.69) is 27.6 Å². The molecule has 0 saturated heterocycles. The summed E-state index contributed by atoms with van der Waals surface area (Å²) < 4.78 is 0. The number of carboxylic acids is 2. The SMILES string of the molecule is I.O=C(O)CCS.O=C(O)CCSSc1ccccn1.c1ccc(SSc2ccccn2)nc1. The summed E-state index contributed by atoms with van der Waals surface area (Å²) in [6, 6.07) is 17.4. The van der Waals surface area contributed by atoms with Gasteiger partial charge in [0.1, 0.15) is 15.1 Å². The first-order chi connectivity index (χ1) is 16.0. The largest absolute Gasteiger partial charge is 0.481 e. The molecule has 2 N–H and O–H groups in total. The van der Waals surface area contributed by atoms with E-state index in [4.69, 9.17) is 10.2 Å². The van der Waals surface area contributed by atoms with Crippen molar-refractivity contribution in [3.8, 4) is 0 Å². The molecule has 3 heterocycles. The van der Waals surface area contributed by atoms with Gasteiger partial charge < -0.3 is 10.2 Å². The summed E-state index contributed by atoms with van der Waals surface area (Å²) in [5.41, 5.74) is 0. The Bertz CT molecular complexity index is 877. The zero-order valence-corrected chi connectivity index (χ0v) is 24.3. The third-order valence-electron chi connectivity index (χ3n) is 2.99. The third kappa shape index (κ3) is 19.2. The maximum atomic E-state index is 10.2. The summed E-state index contributed by atoms with van der Waals surface area (Å²) in [4.78, 5) is 32.2. The van der Waals surface area contributed by atoms with Crippen LogP contribution in [0.2, 0.25) is 0 Å². The van der Waals surface area contributed by atoms with Gasteiger partial charge in [-0.2, -0.15) is 12.6 Å². The second kappa shape index (κ2) is 22.3. The molecule has 0 spiro atoms. The normalized spacial score (nSPS) is 9.32. The van der Waals surface area contributed by atoms with E-state index in [0.29, 0.717) is 11.5 Å². The number of pyridine rings is 3. The van der Waals surface area contributed by atoms with Crippen LogP contribution in [0.25, 0.3) is 0 Å². The van der Waals surface area contributed by atoms with E-state index in [1.807, 2.05) is 54.6 Å². The highest BCUT2D eigenvalue weighted by molar-refractivity contribution is 14.0. The molecular weight excluding hydrogens is 645 g/mol. The molecule has 13 heteroatoms. The van der Waals surface area contributed by atoms with Gasteiger partial charge in [0.2, 0.25) is 0 Å². The standard InChI is InChI=1S/C10H8N2S2.C8H9NO2S2.C3H6O2S.HI/c1-3-7-11-9(5-1)13-14-10-6-2-4-8-12-10;10-8(11)4-6-12-13-7-3-1-2-5-9-7;4-3(5)1-2-6;/h1-8H;1-3,5H,4,6H2,(H,10,11);6H,1-2H2,(H,4,5);1H. The Balaban J connectivity index is 0.000000511. The average molecular weight is 670 g/mol. The lowest BCUT2D eigenvalue weighted by atomic mass is 10.5. The summed E-state index contributed by atoms with van der Waals surface area (Å²) in [5, 5.41) is 19.2. The van der Waals surface area contributed by atoms with E-state index in [1.54, 1.807) is 40.2 Å². The topological polar surface area (TPSA) is 113 Å². The summed E-state index contributed by atoms with van der Waals surface area (Å²) in [5.74, 6) is -0.509. The number of hydrogen-bond donors (Lipinski definition) is 3. The molecule has 0 aliphatic heterocycles. The maximum Gasteiger partial charge on any atom is 0.304 e. The van der Waals surface area contributed by atoms with Crippen LogP contribution in [0, 0.1) is 0 Å². The van der Waals surface area contributed by atoms with Gasteiger partial charge in [-0.15, -0.1) is 24.0 Å². The van der Waals surface area contributed by atoms with Gasteiger partial charge >= 0.3 is 11.9 Å². The number of hydrogen-bond acceptors (Lipinski definition) is 10. The molecule has 3 aromatic rings. The van der Waals surface area contributed by atoms with Crippen LogP contribution in [0.15, 0.2) is 88.3 Å². The monoisotopic (exact) mass is 669 g/mol. The number of thiol groups is 1. The van der Waals surface area contributed by atoms with Crippen molar-refractivity contribution in [2.24, 2.45) is 0 Å². The van der Waals surface area contributed by atoms with E-state index in [0.717, 1.165) is 15.1 Å². The number of halogens is 1. The molecule has 7 nitrogen and oxygen atoms in total. The average Bonchev–Trinajstić information content (AvgIpc) is 2.83. The van der Waals surface area contributed by atoms with Gasteiger partial charge in [0.05, 0.1) is 12.8 Å². The number of carboxylic acid groups (broad SMARTS) is 2. The first-order valence-electron chi connectivity index (χ1n) is 9.42. The van der Waals surface area contributed by atoms with Crippen molar-refractivity contribution in [1.29, 1.82) is 0 Å². The zero-order chi connectivity index (χ0) is 24.2. The number of aliphatic carboxylic acids is 2. The van der Waals surface area contributed by atoms with Crippen molar-refractivity contribution in [2.45, 2.75) is 27.9 Å². The van der Waals surface area contributed by atoms with Gasteiger partial charge in [-0.25, -0.2) is 15.0 Å². The zero-order valence-electron chi connectivity index (χ0n) is 17.8. The van der Waals surface area contributed by atoms with Crippen LogP contribution in [-0.2, 0) is 9.59 Å². The first-order valence-corrected chi connectivity index (χ1v) is 14.5. The van der Waals surface area contributed by atoms with E-state index >= 15 is 0 Å². The number of nitrogens with zero attached hydrogens (tertiary/aromatic N) is 3. The Morgan fingerprint density at radius 3 is 1.41 bits per heavy atom. The molecule has 0 fully saturated rings. The minimum absolute atomic E-state index is 0. The maximum absolute atomic E-state index is 10.2. The van der Waals surface area contributed by atoms with Crippen LogP contribution >= 0.6 is 79.8 Å². The summed E-state index contributed by atoms with van der Waals surface area (Å²) in [6.45, 7) is 0. The highest BCUT2D eigenvalue weighted by atomic mass is 127. The minimum Gasteiger partial charge on any atom is -0.481 e. The predicted molar refractivity (Wildman–Crippen MR) is 157 cm³/mol. The number of carbonyl (C=O) groups is 2. The molecule has 0 saturated carbocycles. The quantitative estimate of drug-likeness (QED) is 0.0942. The van der Waals surface area contributed by atoms with Crippen molar-refractivity contribution in [3.05, 3.63) is 73.2 Å². The van der Waals surface area contributed by atoms with Crippen molar-refractivity contribution in [1.82, 2.24) is 15.0 Å². The molecule has 0 atom stereocenters. The number of rotatable bonds is 10. The molecule has 0 radical (unpaired) electrons. The first kappa shape index (κ1) is 32.9. The summed E-state index contributed by atoms with van der Waals surface area (Å²) in [6.07, 6.45) is 5.66. The molecule has 0 aromatic carbocycles. The molecule has 184 valence electrons. The predicted octanol–water partition coefficient (Wildman–Crippen LogP) is 6.58. The van der Waals surface area contributed by atoms with Gasteiger partial charge in [-0.05, 0) is 68.8 Å². The lowest BCUT2D eigenvalue weighted by Gasteiger charge is -1.97. The van der Waals surface area contributed by atoms with E-state index < -0.39 is 11.9 Å². The van der Waals surface area contributed by atoms with Crippen LogP contribution in [0.5, 0.6) is 0 Å². The fourth-order valence-electron chi connectivity index (χ4n) is 1.60. The smallest absolute Gasteiger partial charge is 0.304 e. The second-order valence-corrected chi connectivity index (χ2v) is 10.6. The van der Waals surface area contributed by atoms with Gasteiger partial charge in [-0.1, -0.05) is 29.0 Å². The Kier molecular flexibility index (Phi) is 21.6. The molecule has 0 unspecified atom stereocenters. The third-order valence-corrected chi connectivity index (χ3v) is 7.67. The molecule has 0 aliphatic rings. The van der Waals surface area contributed by atoms with Crippen molar-refractivity contribution < 1.29 is 19.8 Å². The van der Waals surface area contributed by atoms with Crippen LogP contribution in [0.1, 0.15) is 12.8 Å². The fourth-order valence-corrected chi connectivity index (χ4v) is 5.40. The van der Waals surface area contributed by atoms with E-state index in [9.17, 15) is 9.59 Å². The molecule has 34 heavy (non-hydrogen) atoms. The highest BCUT2D eigenvalue weighted by Crippen LogP contribution is 2.34. The van der Waals surface area contributed by atoms with Gasteiger partial charge in [0.25, 0.3) is 0 Å². The highest BCUT2D eigenvalue weighted by Gasteiger charge is 1.99. The lowest BCUT2D eigenvalue weighted by Crippen LogP contribution is -1.94. The van der Waals surface area contributed by atoms with Crippen molar-refractivity contribution in [2.75, 3.05) is 11.5 Å². The van der Waals surface area contributed by atoms with Crippen LogP contribution in [0.3, 0.4) is 0 Å². The van der Waals surface area contributed by atoms with E-state index in [1.165, 1.54) is 21.6 Å². The Morgan fingerprint density at radius 1 is 0.706 bits per heavy atom. The number of aromatic nitrogens is 3. The van der Waals surface area contributed by atoms with Crippen LogP contribution < -0.4 is 0 Å². The second-order valence-electron chi connectivity index (χ2n) is 5.59. The molecule has 0 bridgehead atoms. The molecule has 3 aromatic heterocycles. The minimum atomic E-state index is -0.787. The Labute approximate surface area is 237 Å². The van der Waals surface area contributed by atoms with Crippen molar-refractivity contribution >= 4 is 91.7 Å². The molecule has 0 aliphatic carbocycles. The van der Waals surface area contributed by atoms with Crippen LogP contribution in [0.4, 0.5) is 0 Å². The summed E-state index contributed by atoms with van der Waals surface area (Å²) >= 11 is 3.68. The Hall–Kier alpha value is -1.13. The van der Waals surface area contributed by atoms with Gasteiger partial charge in [0.15, 0.2) is 0 Å². The lowest BCUT2D eigenvalue weighted by molar-refractivity contribution is -0.137.